The Hall–Kier alpha value is -2.34. The Kier molecular flexibility index (Phi) is 7.31. The number of rotatable bonds is 11. The van der Waals surface area contributed by atoms with Crippen molar-refractivity contribution < 1.29 is 22.8 Å². The lowest BCUT2D eigenvalue weighted by Gasteiger charge is -2.21. The molecule has 3 N–H and O–H groups in total. The van der Waals surface area contributed by atoms with E-state index in [-0.39, 0.29) is 35.8 Å². The van der Waals surface area contributed by atoms with Gasteiger partial charge < -0.3 is 14.6 Å². The van der Waals surface area contributed by atoms with Crippen LogP contribution >= 0.6 is 0 Å². The molecule has 0 amide bonds. The van der Waals surface area contributed by atoms with E-state index in [9.17, 15) is 18.3 Å². The highest BCUT2D eigenvalue weighted by Gasteiger charge is 2.24. The number of nitrogens with zero attached hydrogens (tertiary/aromatic N) is 4. The SMILES string of the molecule is O=C(O)C[C@@H](CCCC1CCCCC1)c1nc(CNS(=O)(=O)c2nnc[nH]2)no1. The third-order valence-corrected chi connectivity index (χ3v) is 6.45. The number of H-pyrrole nitrogens is 1. The van der Waals surface area contributed by atoms with Crippen molar-refractivity contribution in [2.45, 2.75) is 75.4 Å². The first kappa shape index (κ1) is 21.4. The van der Waals surface area contributed by atoms with Gasteiger partial charge in [-0.25, -0.2) is 13.1 Å². The lowest BCUT2D eigenvalue weighted by atomic mass is 9.84. The summed E-state index contributed by atoms with van der Waals surface area (Å²) in [5, 5.41) is 19.6. The molecule has 1 saturated carbocycles. The molecular weight excluding hydrogens is 400 g/mol. The molecule has 3 rings (SSSR count). The molecule has 0 radical (unpaired) electrons. The Morgan fingerprint density at radius 1 is 1.34 bits per heavy atom. The molecule has 29 heavy (non-hydrogen) atoms. The molecule has 1 aliphatic carbocycles. The Balaban J connectivity index is 1.55. The maximum Gasteiger partial charge on any atom is 0.304 e. The maximum atomic E-state index is 12.0. The Morgan fingerprint density at radius 3 is 2.83 bits per heavy atom. The number of aliphatic carboxylic acids is 1. The number of carbonyl (C=O) groups is 1. The standard InChI is InChI=1S/C17H26N6O5S/c24-15(25)9-13(8-4-7-12-5-2-1-3-6-12)16-21-14(23-28-16)10-20-29(26,27)17-18-11-19-22-17/h11-13,20H,1-10H2,(H,24,25)(H,18,19,22)/t13-/m1/s1. The van der Waals surface area contributed by atoms with Gasteiger partial charge in [-0.15, -0.1) is 10.2 Å². The van der Waals surface area contributed by atoms with E-state index in [4.69, 9.17) is 4.52 Å². The number of sulfonamides is 1. The molecule has 2 aromatic rings. The zero-order valence-corrected chi connectivity index (χ0v) is 16.9. The summed E-state index contributed by atoms with van der Waals surface area (Å²) >= 11 is 0. The van der Waals surface area contributed by atoms with E-state index in [1.54, 1.807) is 0 Å². The lowest BCUT2D eigenvalue weighted by molar-refractivity contribution is -0.137. The molecule has 160 valence electrons. The van der Waals surface area contributed by atoms with E-state index in [1.807, 2.05) is 0 Å². The third kappa shape index (κ3) is 6.32. The van der Waals surface area contributed by atoms with Gasteiger partial charge in [-0.3, -0.25) is 4.79 Å². The summed E-state index contributed by atoms with van der Waals surface area (Å²) in [5.41, 5.74) is 0. The summed E-state index contributed by atoms with van der Waals surface area (Å²) in [6, 6.07) is 0. The van der Waals surface area contributed by atoms with Crippen LogP contribution in [0.5, 0.6) is 0 Å². The molecule has 2 aromatic heterocycles. The quantitative estimate of drug-likeness (QED) is 0.487. The highest BCUT2D eigenvalue weighted by molar-refractivity contribution is 7.89. The van der Waals surface area contributed by atoms with Gasteiger partial charge in [0.15, 0.2) is 5.82 Å². The van der Waals surface area contributed by atoms with Gasteiger partial charge in [0, 0.05) is 5.92 Å². The summed E-state index contributed by atoms with van der Waals surface area (Å²) < 4.78 is 31.6. The highest BCUT2D eigenvalue weighted by Crippen LogP contribution is 2.31. The first-order valence-corrected chi connectivity index (χ1v) is 11.3. The number of carboxylic acid groups (broad SMARTS) is 1. The van der Waals surface area contributed by atoms with Gasteiger partial charge in [-0.2, -0.15) is 4.98 Å². The van der Waals surface area contributed by atoms with Gasteiger partial charge in [0.1, 0.15) is 6.33 Å². The van der Waals surface area contributed by atoms with Crippen LogP contribution < -0.4 is 4.72 Å². The van der Waals surface area contributed by atoms with Crippen molar-refractivity contribution in [3.8, 4) is 0 Å². The molecular formula is C17H26N6O5S. The molecule has 1 atom stereocenters. The van der Waals surface area contributed by atoms with Crippen LogP contribution in [0.1, 0.15) is 75.4 Å². The number of carboxylic acids is 1. The Bertz CT molecular complexity index is 876. The van der Waals surface area contributed by atoms with E-state index in [0.29, 0.717) is 6.42 Å². The van der Waals surface area contributed by atoms with Gasteiger partial charge in [0.2, 0.25) is 5.89 Å². The fourth-order valence-electron chi connectivity index (χ4n) is 3.71. The van der Waals surface area contributed by atoms with E-state index >= 15 is 0 Å². The van der Waals surface area contributed by atoms with Crippen molar-refractivity contribution in [2.75, 3.05) is 0 Å². The second-order valence-corrected chi connectivity index (χ2v) is 9.08. The van der Waals surface area contributed by atoms with Crippen molar-refractivity contribution in [1.82, 2.24) is 30.0 Å². The second-order valence-electron chi connectivity index (χ2n) is 7.40. The summed E-state index contributed by atoms with van der Waals surface area (Å²) in [5.74, 6) is -0.240. The molecule has 0 spiro atoms. The fourth-order valence-corrected chi connectivity index (χ4v) is 4.53. The number of hydrogen-bond donors (Lipinski definition) is 3. The molecule has 11 nitrogen and oxygen atoms in total. The molecule has 1 fully saturated rings. The lowest BCUT2D eigenvalue weighted by Crippen LogP contribution is -2.25. The summed E-state index contributed by atoms with van der Waals surface area (Å²) in [7, 11) is -3.87. The first-order chi connectivity index (χ1) is 13.9. The van der Waals surface area contributed by atoms with Crippen LogP contribution in [0.3, 0.4) is 0 Å². The van der Waals surface area contributed by atoms with Crippen molar-refractivity contribution in [3.05, 3.63) is 18.0 Å². The molecule has 2 heterocycles. The largest absolute Gasteiger partial charge is 0.481 e. The van der Waals surface area contributed by atoms with Crippen molar-refractivity contribution in [1.29, 1.82) is 0 Å². The summed E-state index contributed by atoms with van der Waals surface area (Å²) in [6.45, 7) is -0.200. The monoisotopic (exact) mass is 426 g/mol. The number of aromatic nitrogens is 5. The van der Waals surface area contributed by atoms with Crippen LogP contribution in [0.25, 0.3) is 0 Å². The average molecular weight is 426 g/mol. The minimum atomic E-state index is -3.87. The molecule has 0 aliphatic heterocycles. The fraction of sp³-hybridized carbons (Fsp3) is 0.706. The van der Waals surface area contributed by atoms with Crippen molar-refractivity contribution >= 4 is 16.0 Å². The zero-order valence-electron chi connectivity index (χ0n) is 16.1. The first-order valence-electron chi connectivity index (χ1n) is 9.84. The van der Waals surface area contributed by atoms with Crippen LogP contribution in [-0.2, 0) is 21.4 Å². The smallest absolute Gasteiger partial charge is 0.304 e. The molecule has 0 aromatic carbocycles. The summed E-state index contributed by atoms with van der Waals surface area (Å²) in [6.07, 6.45) is 10.0. The maximum absolute atomic E-state index is 12.0. The van der Waals surface area contributed by atoms with Gasteiger partial charge >= 0.3 is 5.97 Å². The Labute approximate surface area is 168 Å². The number of hydrogen-bond acceptors (Lipinski definition) is 8. The molecule has 12 heteroatoms. The van der Waals surface area contributed by atoms with E-state index in [1.165, 1.54) is 32.1 Å². The van der Waals surface area contributed by atoms with Crippen molar-refractivity contribution in [2.24, 2.45) is 5.92 Å². The predicted octanol–water partition coefficient (Wildman–Crippen LogP) is 1.98. The van der Waals surface area contributed by atoms with Crippen LogP contribution in [0.4, 0.5) is 0 Å². The van der Waals surface area contributed by atoms with Gasteiger partial charge in [0.05, 0.1) is 13.0 Å². The molecule has 1 aliphatic rings. The van der Waals surface area contributed by atoms with Gasteiger partial charge in [0.25, 0.3) is 15.2 Å². The number of nitrogens with one attached hydrogen (secondary N) is 2. The molecule has 0 saturated heterocycles. The van der Waals surface area contributed by atoms with Crippen molar-refractivity contribution in [3.63, 3.8) is 0 Å². The van der Waals surface area contributed by atoms with E-state index in [2.05, 4.69) is 30.0 Å². The van der Waals surface area contributed by atoms with Gasteiger partial charge in [-0.1, -0.05) is 50.1 Å². The van der Waals surface area contributed by atoms with E-state index < -0.39 is 16.0 Å². The Morgan fingerprint density at radius 2 is 2.14 bits per heavy atom. The predicted molar refractivity (Wildman–Crippen MR) is 100 cm³/mol. The minimum Gasteiger partial charge on any atom is -0.481 e. The molecule has 0 unspecified atom stereocenters. The van der Waals surface area contributed by atoms with Crippen LogP contribution in [0.15, 0.2) is 16.0 Å². The summed E-state index contributed by atoms with van der Waals surface area (Å²) in [4.78, 5) is 17.9. The normalized spacial score (nSPS) is 16.7. The van der Waals surface area contributed by atoms with Crippen LogP contribution in [0.2, 0.25) is 0 Å². The number of aromatic amines is 1. The highest BCUT2D eigenvalue weighted by atomic mass is 32.2. The topological polar surface area (TPSA) is 164 Å². The third-order valence-electron chi connectivity index (χ3n) is 5.21. The zero-order chi connectivity index (χ0) is 20.7. The minimum absolute atomic E-state index is 0.101. The average Bonchev–Trinajstić information content (AvgIpc) is 3.39. The second kappa shape index (κ2) is 9.92. The van der Waals surface area contributed by atoms with Crippen LogP contribution in [-0.4, -0.2) is 44.8 Å². The van der Waals surface area contributed by atoms with E-state index in [0.717, 1.165) is 25.1 Å². The van der Waals surface area contributed by atoms with Gasteiger partial charge in [-0.05, 0) is 12.3 Å². The van der Waals surface area contributed by atoms with Crippen LogP contribution in [0, 0.1) is 5.92 Å². The molecule has 0 bridgehead atoms.